The van der Waals surface area contributed by atoms with E-state index in [2.05, 4.69) is 26.8 Å². The Morgan fingerprint density at radius 3 is 2.43 bits per heavy atom. The maximum Gasteiger partial charge on any atom is 0.272 e. The van der Waals surface area contributed by atoms with Gasteiger partial charge in [0.15, 0.2) is 0 Å². The molecule has 0 bridgehead atoms. The largest absolute Gasteiger partial charge is 0.273 e. The number of carbonyl (C=O) groups excluding carboxylic acids is 2. The summed E-state index contributed by atoms with van der Waals surface area (Å²) in [5, 5.41) is 0. The quantitative estimate of drug-likeness (QED) is 0.836. The van der Waals surface area contributed by atoms with E-state index in [9.17, 15) is 14.0 Å². The summed E-state index contributed by atoms with van der Waals surface area (Å²) in [5.74, 6) is -1.76. The van der Waals surface area contributed by atoms with E-state index in [1.54, 1.807) is 18.2 Å². The van der Waals surface area contributed by atoms with Gasteiger partial charge in [0, 0.05) is 4.47 Å². The smallest absolute Gasteiger partial charge is 0.272 e. The van der Waals surface area contributed by atoms with Crippen LogP contribution in [0.15, 0.2) is 53.0 Å². The van der Waals surface area contributed by atoms with Gasteiger partial charge in [-0.1, -0.05) is 46.3 Å². The van der Waals surface area contributed by atoms with Gasteiger partial charge in [-0.3, -0.25) is 20.4 Å². The molecule has 4 nitrogen and oxygen atoms in total. The first-order valence-corrected chi connectivity index (χ1v) is 6.94. The number of halogens is 2. The second-order valence-corrected chi connectivity index (χ2v) is 5.20. The van der Waals surface area contributed by atoms with Gasteiger partial charge in [0.1, 0.15) is 5.82 Å². The molecule has 108 valence electrons. The topological polar surface area (TPSA) is 58.2 Å². The van der Waals surface area contributed by atoms with E-state index in [-0.39, 0.29) is 17.9 Å². The molecular weight excluding hydrogens is 339 g/mol. The Hall–Kier alpha value is -2.21. The lowest BCUT2D eigenvalue weighted by Crippen LogP contribution is -2.42. The molecule has 2 aromatic carbocycles. The lowest BCUT2D eigenvalue weighted by molar-refractivity contribution is -0.121. The molecule has 2 N–H and O–H groups in total. The van der Waals surface area contributed by atoms with Gasteiger partial charge in [-0.05, 0) is 23.8 Å². The van der Waals surface area contributed by atoms with E-state index >= 15 is 0 Å². The van der Waals surface area contributed by atoms with E-state index < -0.39 is 11.7 Å². The SMILES string of the molecule is O=C(Cc1ccccc1)NNC(=O)c1ccc(Br)cc1F. The zero-order valence-electron chi connectivity index (χ0n) is 10.9. The number of carbonyl (C=O) groups is 2. The summed E-state index contributed by atoms with van der Waals surface area (Å²) < 4.78 is 14.1. The van der Waals surface area contributed by atoms with Crippen molar-refractivity contribution in [3.8, 4) is 0 Å². The summed E-state index contributed by atoms with van der Waals surface area (Å²) in [4.78, 5) is 23.4. The Labute approximate surface area is 129 Å². The van der Waals surface area contributed by atoms with Crippen molar-refractivity contribution in [1.82, 2.24) is 10.9 Å². The average Bonchev–Trinajstić information content (AvgIpc) is 2.46. The second kappa shape index (κ2) is 6.99. The number of benzene rings is 2. The summed E-state index contributed by atoms with van der Waals surface area (Å²) in [6.07, 6.45) is 0.129. The molecule has 0 saturated heterocycles. The standard InChI is InChI=1S/C15H12BrFN2O2/c16-11-6-7-12(13(17)9-11)15(21)19-18-14(20)8-10-4-2-1-3-5-10/h1-7,9H,8H2,(H,18,20)(H,19,21). The fraction of sp³-hybridized carbons (Fsp3) is 0.0667. The third-order valence-corrected chi connectivity index (χ3v) is 3.19. The molecule has 0 aliphatic carbocycles. The summed E-state index contributed by atoms with van der Waals surface area (Å²) in [5.41, 5.74) is 5.12. The molecular formula is C15H12BrFN2O2. The summed E-state index contributed by atoms with van der Waals surface area (Å²) in [6.45, 7) is 0. The molecule has 0 aromatic heterocycles. The average molecular weight is 351 g/mol. The van der Waals surface area contributed by atoms with Gasteiger partial charge in [0.05, 0.1) is 12.0 Å². The van der Waals surface area contributed by atoms with Crippen LogP contribution in [0.5, 0.6) is 0 Å². The normalized spacial score (nSPS) is 10.0. The van der Waals surface area contributed by atoms with Crippen LogP contribution in [0.1, 0.15) is 15.9 Å². The van der Waals surface area contributed by atoms with Crippen molar-refractivity contribution in [1.29, 1.82) is 0 Å². The molecule has 0 radical (unpaired) electrons. The van der Waals surface area contributed by atoms with Crippen molar-refractivity contribution in [3.63, 3.8) is 0 Å². The van der Waals surface area contributed by atoms with Crippen molar-refractivity contribution >= 4 is 27.7 Å². The molecule has 0 saturated carbocycles. The van der Waals surface area contributed by atoms with Gasteiger partial charge in [0.2, 0.25) is 5.91 Å². The lowest BCUT2D eigenvalue weighted by Gasteiger charge is -2.08. The van der Waals surface area contributed by atoms with Gasteiger partial charge >= 0.3 is 0 Å². The molecule has 0 atom stereocenters. The maximum absolute atomic E-state index is 13.6. The fourth-order valence-electron chi connectivity index (χ4n) is 1.69. The first-order chi connectivity index (χ1) is 10.1. The number of nitrogens with one attached hydrogen (secondary N) is 2. The van der Waals surface area contributed by atoms with Crippen LogP contribution in [0.2, 0.25) is 0 Å². The number of hydrazine groups is 1. The first-order valence-electron chi connectivity index (χ1n) is 6.14. The van der Waals surface area contributed by atoms with Crippen LogP contribution in [-0.2, 0) is 11.2 Å². The number of hydrogen-bond acceptors (Lipinski definition) is 2. The number of hydrogen-bond donors (Lipinski definition) is 2. The molecule has 0 aliphatic rings. The van der Waals surface area contributed by atoms with E-state index in [1.165, 1.54) is 12.1 Å². The lowest BCUT2D eigenvalue weighted by atomic mass is 10.1. The molecule has 21 heavy (non-hydrogen) atoms. The van der Waals surface area contributed by atoms with E-state index in [1.807, 2.05) is 18.2 Å². The summed E-state index contributed by atoms with van der Waals surface area (Å²) in [6, 6.07) is 13.1. The van der Waals surface area contributed by atoms with Crippen LogP contribution in [-0.4, -0.2) is 11.8 Å². The van der Waals surface area contributed by atoms with Crippen molar-refractivity contribution in [3.05, 3.63) is 69.9 Å². The van der Waals surface area contributed by atoms with Crippen LogP contribution in [0, 0.1) is 5.82 Å². The van der Waals surface area contributed by atoms with Gasteiger partial charge in [-0.25, -0.2) is 4.39 Å². The minimum atomic E-state index is -0.707. The van der Waals surface area contributed by atoms with Crippen molar-refractivity contribution in [2.45, 2.75) is 6.42 Å². The number of rotatable bonds is 3. The van der Waals surface area contributed by atoms with Gasteiger partial charge in [-0.2, -0.15) is 0 Å². The zero-order valence-corrected chi connectivity index (χ0v) is 12.5. The van der Waals surface area contributed by atoms with Gasteiger partial charge in [0.25, 0.3) is 5.91 Å². The predicted octanol–water partition coefficient (Wildman–Crippen LogP) is 2.59. The molecule has 0 heterocycles. The van der Waals surface area contributed by atoms with Crippen molar-refractivity contribution in [2.24, 2.45) is 0 Å². The second-order valence-electron chi connectivity index (χ2n) is 4.29. The molecule has 6 heteroatoms. The molecule has 0 aliphatic heterocycles. The zero-order chi connectivity index (χ0) is 15.2. The van der Waals surface area contributed by atoms with E-state index in [0.29, 0.717) is 4.47 Å². The molecule has 0 unspecified atom stereocenters. The highest BCUT2D eigenvalue weighted by atomic mass is 79.9. The third kappa shape index (κ3) is 4.39. The Morgan fingerprint density at radius 1 is 1.05 bits per heavy atom. The Kier molecular flexibility index (Phi) is 5.05. The third-order valence-electron chi connectivity index (χ3n) is 2.70. The van der Waals surface area contributed by atoms with Crippen LogP contribution in [0.3, 0.4) is 0 Å². The van der Waals surface area contributed by atoms with Crippen LogP contribution >= 0.6 is 15.9 Å². The molecule has 0 spiro atoms. The van der Waals surface area contributed by atoms with Crippen LogP contribution < -0.4 is 10.9 Å². The Bertz CT molecular complexity index is 662. The van der Waals surface area contributed by atoms with Crippen molar-refractivity contribution in [2.75, 3.05) is 0 Å². The predicted molar refractivity (Wildman–Crippen MR) is 79.9 cm³/mol. The Morgan fingerprint density at radius 2 is 1.76 bits per heavy atom. The fourth-order valence-corrected chi connectivity index (χ4v) is 2.03. The van der Waals surface area contributed by atoms with Crippen LogP contribution in [0.25, 0.3) is 0 Å². The highest BCUT2D eigenvalue weighted by Gasteiger charge is 2.12. The molecule has 2 rings (SSSR count). The van der Waals surface area contributed by atoms with Gasteiger partial charge in [-0.15, -0.1) is 0 Å². The first kappa shape index (κ1) is 15.2. The molecule has 2 aromatic rings. The van der Waals surface area contributed by atoms with Crippen LogP contribution in [0.4, 0.5) is 4.39 Å². The molecule has 2 amide bonds. The maximum atomic E-state index is 13.6. The summed E-state index contributed by atoms with van der Waals surface area (Å²) >= 11 is 3.10. The highest BCUT2D eigenvalue weighted by molar-refractivity contribution is 9.10. The minimum absolute atomic E-state index is 0.129. The van der Waals surface area contributed by atoms with E-state index in [4.69, 9.17) is 0 Å². The number of amides is 2. The highest BCUT2D eigenvalue weighted by Crippen LogP contribution is 2.14. The van der Waals surface area contributed by atoms with E-state index in [0.717, 1.165) is 5.56 Å². The summed E-state index contributed by atoms with van der Waals surface area (Å²) in [7, 11) is 0. The Balaban J connectivity index is 1.90. The monoisotopic (exact) mass is 350 g/mol. The van der Waals surface area contributed by atoms with Gasteiger partial charge < -0.3 is 0 Å². The molecule has 0 fully saturated rings. The van der Waals surface area contributed by atoms with Crippen molar-refractivity contribution < 1.29 is 14.0 Å². The minimum Gasteiger partial charge on any atom is -0.273 e.